The van der Waals surface area contributed by atoms with Gasteiger partial charge in [0.2, 0.25) is 11.8 Å². The van der Waals surface area contributed by atoms with Crippen LogP contribution in [0.15, 0.2) is 30.3 Å². The zero-order valence-corrected chi connectivity index (χ0v) is 16.5. The number of fused-ring (bicyclic) bond motifs is 2. The van der Waals surface area contributed by atoms with Crippen LogP contribution in [0.5, 0.6) is 0 Å². The number of halogens is 2. The molecule has 144 valence electrons. The molecule has 0 radical (unpaired) electrons. The fourth-order valence-corrected chi connectivity index (χ4v) is 4.45. The van der Waals surface area contributed by atoms with Gasteiger partial charge in [0, 0.05) is 5.69 Å². The van der Waals surface area contributed by atoms with Gasteiger partial charge >= 0.3 is 0 Å². The number of hydrogen-bond donors (Lipinski definition) is 2. The maximum atomic E-state index is 13.0. The van der Waals surface area contributed by atoms with Crippen molar-refractivity contribution in [2.75, 3.05) is 10.6 Å². The van der Waals surface area contributed by atoms with Crippen molar-refractivity contribution in [3.8, 4) is 11.1 Å². The highest BCUT2D eigenvalue weighted by Crippen LogP contribution is 2.38. The number of alkyl halides is 1. The van der Waals surface area contributed by atoms with Crippen molar-refractivity contribution in [1.82, 2.24) is 4.98 Å². The maximum absolute atomic E-state index is 13.0. The van der Waals surface area contributed by atoms with Crippen LogP contribution >= 0.6 is 23.7 Å². The van der Waals surface area contributed by atoms with E-state index in [2.05, 4.69) is 15.6 Å². The summed E-state index contributed by atoms with van der Waals surface area (Å²) in [6, 6.07) is 9.95. The van der Waals surface area contributed by atoms with Crippen molar-refractivity contribution >= 4 is 56.6 Å². The van der Waals surface area contributed by atoms with Crippen LogP contribution in [0.3, 0.4) is 0 Å². The highest BCUT2D eigenvalue weighted by atomic mass is 35.5. The van der Waals surface area contributed by atoms with Gasteiger partial charge in [-0.15, -0.1) is 12.4 Å². The van der Waals surface area contributed by atoms with E-state index in [1.165, 1.54) is 11.3 Å². The Morgan fingerprint density at radius 2 is 2.11 bits per heavy atom. The van der Waals surface area contributed by atoms with Gasteiger partial charge in [-0.1, -0.05) is 29.5 Å². The number of nitrogens with zero attached hydrogens (tertiary/aromatic N) is 1. The topological polar surface area (TPSA) is 71.1 Å². The molecule has 8 heteroatoms. The molecule has 1 aliphatic carbocycles. The van der Waals surface area contributed by atoms with E-state index in [-0.39, 0.29) is 24.2 Å². The smallest absolute Gasteiger partial charge is 0.232 e. The Balaban J connectivity index is 0.00000192. The Labute approximate surface area is 170 Å². The van der Waals surface area contributed by atoms with Crippen LogP contribution in [0.2, 0.25) is 0 Å². The van der Waals surface area contributed by atoms with E-state index < -0.39 is 12.1 Å². The number of carbonyl (C=O) groups is 2. The number of aromatic nitrogens is 1. The molecule has 0 spiro atoms. The number of nitrogens with one attached hydrogen (secondary N) is 2. The molecule has 3 aromatic rings. The maximum Gasteiger partial charge on any atom is 0.232 e. The van der Waals surface area contributed by atoms with Gasteiger partial charge in [0.05, 0.1) is 22.6 Å². The van der Waals surface area contributed by atoms with E-state index in [4.69, 9.17) is 0 Å². The second-order valence-electron chi connectivity index (χ2n) is 7.05. The van der Waals surface area contributed by atoms with Crippen molar-refractivity contribution < 1.29 is 14.0 Å². The summed E-state index contributed by atoms with van der Waals surface area (Å²) in [7, 11) is 0. The number of thiazole rings is 1. The molecule has 1 aromatic heterocycles. The minimum atomic E-state index is -1.02. The van der Waals surface area contributed by atoms with Gasteiger partial charge in [0.15, 0.2) is 5.13 Å². The summed E-state index contributed by atoms with van der Waals surface area (Å²) in [6.07, 6.45) is -0.294. The van der Waals surface area contributed by atoms with Crippen molar-refractivity contribution in [1.29, 1.82) is 0 Å². The van der Waals surface area contributed by atoms with Crippen LogP contribution in [0.4, 0.5) is 15.2 Å². The monoisotopic (exact) mass is 417 g/mol. The van der Waals surface area contributed by atoms with Gasteiger partial charge in [-0.25, -0.2) is 9.37 Å². The Kier molecular flexibility index (Phi) is 4.59. The summed E-state index contributed by atoms with van der Waals surface area (Å²) < 4.78 is 14.0. The zero-order chi connectivity index (χ0) is 18.7. The molecule has 0 bridgehead atoms. The Morgan fingerprint density at radius 3 is 2.86 bits per heavy atom. The number of hydrogen-bond acceptors (Lipinski definition) is 4. The third-order valence-corrected chi connectivity index (χ3v) is 6.08. The molecule has 2 aromatic carbocycles. The van der Waals surface area contributed by atoms with Gasteiger partial charge in [-0.3, -0.25) is 9.59 Å². The lowest BCUT2D eigenvalue weighted by atomic mass is 9.96. The summed E-state index contributed by atoms with van der Waals surface area (Å²) in [6.45, 7) is 2.01. The quantitative estimate of drug-likeness (QED) is 0.659. The first kappa shape index (κ1) is 18.8. The molecule has 2 amide bonds. The lowest BCUT2D eigenvalue weighted by molar-refractivity contribution is -0.117. The third kappa shape index (κ3) is 3.14. The Bertz CT molecular complexity index is 1130. The van der Waals surface area contributed by atoms with Gasteiger partial charge < -0.3 is 10.6 Å². The fourth-order valence-electron chi connectivity index (χ4n) is 3.54. The van der Waals surface area contributed by atoms with E-state index in [1.807, 2.05) is 37.3 Å². The average molecular weight is 418 g/mol. The Hall–Kier alpha value is -2.51. The molecule has 2 aliphatic rings. The van der Waals surface area contributed by atoms with Crippen molar-refractivity contribution in [3.05, 3.63) is 41.5 Å². The van der Waals surface area contributed by atoms with E-state index >= 15 is 0 Å². The normalized spacial score (nSPS) is 19.7. The van der Waals surface area contributed by atoms with Crippen molar-refractivity contribution in [3.63, 3.8) is 0 Å². The SMILES string of the molecule is Cc1c(-c2ccc3nc(NC(=O)[C@@H]4C[C@@H]4F)sc3c2)ccc2c1NC(=O)C2.Cl. The molecule has 28 heavy (non-hydrogen) atoms. The predicted octanol–water partition coefficient (Wildman–Crippen LogP) is 4.48. The number of anilines is 2. The number of benzene rings is 2. The van der Waals surface area contributed by atoms with Crippen LogP contribution in [-0.2, 0) is 16.0 Å². The second kappa shape index (κ2) is 6.83. The van der Waals surface area contributed by atoms with Crippen LogP contribution in [0.1, 0.15) is 17.5 Å². The first-order chi connectivity index (χ1) is 13.0. The largest absolute Gasteiger partial charge is 0.325 e. The van der Waals surface area contributed by atoms with Crippen molar-refractivity contribution in [2.45, 2.75) is 25.9 Å². The van der Waals surface area contributed by atoms with Crippen LogP contribution in [0.25, 0.3) is 21.3 Å². The summed E-state index contributed by atoms with van der Waals surface area (Å²) in [5.74, 6) is -0.807. The molecule has 5 rings (SSSR count). The standard InChI is InChI=1S/C20H16FN3O2S.ClH/c1-9-12(4-2-11-7-17(25)23-18(9)11)10-3-5-15-16(6-10)27-20(22-15)24-19(26)13-8-14(13)21;/h2-6,13-14H,7-8H2,1H3,(H,23,25)(H,22,24,26);1H/t13-,14+;/m1./s1. The second-order valence-corrected chi connectivity index (χ2v) is 8.08. The molecular formula is C20H17ClFN3O2S. The van der Waals surface area contributed by atoms with Gasteiger partial charge in [-0.2, -0.15) is 0 Å². The number of rotatable bonds is 3. The first-order valence-electron chi connectivity index (χ1n) is 8.78. The van der Waals surface area contributed by atoms with E-state index in [1.54, 1.807) is 0 Å². The molecule has 0 unspecified atom stereocenters. The molecule has 1 saturated carbocycles. The molecule has 0 saturated heterocycles. The molecule has 5 nitrogen and oxygen atoms in total. The molecule has 2 atom stereocenters. The molecule has 2 N–H and O–H groups in total. The fraction of sp³-hybridized carbons (Fsp3) is 0.250. The van der Waals surface area contributed by atoms with Gasteiger partial charge in [0.25, 0.3) is 0 Å². The van der Waals surface area contributed by atoms with E-state index in [9.17, 15) is 14.0 Å². The lowest BCUT2D eigenvalue weighted by Gasteiger charge is -2.11. The highest BCUT2D eigenvalue weighted by molar-refractivity contribution is 7.22. The highest BCUT2D eigenvalue weighted by Gasteiger charge is 2.43. The minimum absolute atomic E-state index is 0. The van der Waals surface area contributed by atoms with E-state index in [0.29, 0.717) is 18.0 Å². The third-order valence-electron chi connectivity index (χ3n) is 5.15. The summed E-state index contributed by atoms with van der Waals surface area (Å²) >= 11 is 1.38. The van der Waals surface area contributed by atoms with Gasteiger partial charge in [-0.05, 0) is 47.7 Å². The number of amides is 2. The Morgan fingerprint density at radius 1 is 1.32 bits per heavy atom. The number of carbonyl (C=O) groups excluding carboxylic acids is 2. The summed E-state index contributed by atoms with van der Waals surface area (Å²) in [4.78, 5) is 28.0. The first-order valence-corrected chi connectivity index (χ1v) is 9.59. The lowest BCUT2D eigenvalue weighted by Crippen LogP contribution is -2.14. The molecule has 1 aliphatic heterocycles. The summed E-state index contributed by atoms with van der Waals surface area (Å²) in [5.41, 5.74) is 5.83. The molecular weight excluding hydrogens is 401 g/mol. The summed E-state index contributed by atoms with van der Waals surface area (Å²) in [5, 5.41) is 6.14. The molecule has 2 heterocycles. The van der Waals surface area contributed by atoms with Crippen LogP contribution in [-0.4, -0.2) is 23.0 Å². The van der Waals surface area contributed by atoms with E-state index in [0.717, 1.165) is 38.2 Å². The average Bonchev–Trinajstić information content (AvgIpc) is 3.05. The van der Waals surface area contributed by atoms with Gasteiger partial charge in [0.1, 0.15) is 6.17 Å². The van der Waals surface area contributed by atoms with Crippen molar-refractivity contribution in [2.24, 2.45) is 5.92 Å². The zero-order valence-electron chi connectivity index (χ0n) is 14.9. The van der Waals surface area contributed by atoms with Crippen LogP contribution in [0, 0.1) is 12.8 Å². The predicted molar refractivity (Wildman–Crippen MR) is 111 cm³/mol. The minimum Gasteiger partial charge on any atom is -0.325 e. The molecule has 1 fully saturated rings. The van der Waals surface area contributed by atoms with Crippen LogP contribution < -0.4 is 10.6 Å².